The number of carbonyl (C=O) groups is 11. The Balaban J connectivity index is 1.34. The predicted octanol–water partition coefficient (Wildman–Crippen LogP) is -2.78. The molecular formula is C60H78IN17O12. The number of nitrogens with zero attached hydrogens (tertiary/aromatic N) is 3. The van der Waals surface area contributed by atoms with Crippen molar-refractivity contribution in [2.75, 3.05) is 19.6 Å². The summed E-state index contributed by atoms with van der Waals surface area (Å²) in [6.07, 6.45) is -1.61. The van der Waals surface area contributed by atoms with E-state index in [1.807, 2.05) is 22.6 Å². The maximum Gasteiger partial charge on any atom is 0.245 e. The van der Waals surface area contributed by atoms with Crippen LogP contribution in [0.3, 0.4) is 0 Å². The molecule has 10 amide bonds. The number of carbonyl (C=O) groups excluding carboxylic acids is 11. The number of amides is 10. The molecule has 482 valence electrons. The zero-order valence-corrected chi connectivity index (χ0v) is 51.5. The Morgan fingerprint density at radius 1 is 0.533 bits per heavy atom. The van der Waals surface area contributed by atoms with Gasteiger partial charge in [0.05, 0.1) is 16.0 Å². The van der Waals surface area contributed by atoms with Crippen LogP contribution >= 0.6 is 22.6 Å². The normalized spacial score (nSPS) is 14.9. The van der Waals surface area contributed by atoms with Crippen LogP contribution in [-0.2, 0) is 67.2 Å². The summed E-state index contributed by atoms with van der Waals surface area (Å²) in [5.74, 6) is -9.86. The number of rotatable bonds is 35. The smallest absolute Gasteiger partial charge is 0.245 e. The molecule has 0 bridgehead atoms. The molecule has 0 radical (unpaired) electrons. The Morgan fingerprint density at radius 3 is 1.60 bits per heavy atom. The highest BCUT2D eigenvalue weighted by Gasteiger charge is 2.40. The molecular weight excluding hydrogens is 1280 g/mol. The second-order valence-corrected chi connectivity index (χ2v) is 22.6. The molecule has 1 heterocycles. The molecule has 1 fully saturated rings. The standard InChI is InChI=1S/C60H78IN17O12/c61-38-28-35(19-23-47(38)79)31-43(51(65)83)75-53(85)40(14-7-25-70-59(66)67)73-57(89)46-16-9-27-78(46)58(90)42(15-8-26-71-60(68)69)74-56(88)45(32-49(64)81)77-54(86)41(22-24-48(63)80)72-55(87)44(30-33-10-3-1-4-11-33)76-52(84)39(62)29-34-17-20-37(21-18-34)50(82)36-12-5-2-6-13-36/h1-6,10-13,17-21,23,28,39-46,79H,7-9,14-16,22,24-27,29-32,62H2,(H2,63,80)(H2,64,81)(H2,65,83)(H,72,87)(H,73,89)(H,74,88)(H,75,85)(H,76,84)(H,77,86)(H4,66,67,70)(H4,68,69,71)/t39-,40+,41+,42+,43+,44+,45+,46+/m1/s1. The number of aromatic hydroxyl groups is 1. The van der Waals surface area contributed by atoms with Crippen molar-refractivity contribution >= 4 is 99.4 Å². The fourth-order valence-electron chi connectivity index (χ4n) is 9.73. The molecule has 5 rings (SSSR count). The molecule has 1 aliphatic rings. The molecule has 8 atom stereocenters. The summed E-state index contributed by atoms with van der Waals surface area (Å²) in [6, 6.07) is 16.8. The van der Waals surface area contributed by atoms with Gasteiger partial charge < -0.3 is 87.8 Å². The fourth-order valence-corrected chi connectivity index (χ4v) is 10.3. The average Bonchev–Trinajstić information content (AvgIpc) is 2.70. The first-order valence-electron chi connectivity index (χ1n) is 28.8. The van der Waals surface area contributed by atoms with Gasteiger partial charge in [0.2, 0.25) is 59.1 Å². The van der Waals surface area contributed by atoms with Gasteiger partial charge in [-0.3, -0.25) is 62.7 Å². The lowest BCUT2D eigenvalue weighted by Gasteiger charge is -2.31. The molecule has 4 aromatic carbocycles. The third kappa shape index (κ3) is 23.1. The molecule has 30 heteroatoms. The monoisotopic (exact) mass is 1360 g/mol. The summed E-state index contributed by atoms with van der Waals surface area (Å²) < 4.78 is 0.478. The number of hydrogen-bond acceptors (Lipinski definition) is 15. The zero-order valence-electron chi connectivity index (χ0n) is 49.3. The number of guanidine groups is 2. The number of nitrogens with two attached hydrogens (primary N) is 8. The third-order valence-corrected chi connectivity index (χ3v) is 15.3. The van der Waals surface area contributed by atoms with Gasteiger partial charge in [-0.25, -0.2) is 0 Å². The van der Waals surface area contributed by atoms with Crippen molar-refractivity contribution in [3.8, 4) is 5.75 Å². The number of nitrogens with one attached hydrogen (secondary N) is 6. The lowest BCUT2D eigenvalue weighted by molar-refractivity contribution is -0.143. The summed E-state index contributed by atoms with van der Waals surface area (Å²) in [5, 5.41) is 25.5. The van der Waals surface area contributed by atoms with Crippen molar-refractivity contribution in [2.45, 2.75) is 125 Å². The van der Waals surface area contributed by atoms with E-state index in [4.69, 9.17) is 45.9 Å². The third-order valence-electron chi connectivity index (χ3n) is 14.4. The van der Waals surface area contributed by atoms with E-state index < -0.39 is 127 Å². The quantitative estimate of drug-likeness (QED) is 0.00728. The van der Waals surface area contributed by atoms with E-state index in [1.165, 1.54) is 11.0 Å². The van der Waals surface area contributed by atoms with Crippen LogP contribution in [0.15, 0.2) is 113 Å². The minimum Gasteiger partial charge on any atom is -0.507 e. The summed E-state index contributed by atoms with van der Waals surface area (Å²) in [6.45, 7) is 0.00177. The second-order valence-electron chi connectivity index (χ2n) is 21.4. The van der Waals surface area contributed by atoms with Crippen LogP contribution in [0.25, 0.3) is 0 Å². The first-order chi connectivity index (χ1) is 42.8. The maximum absolute atomic E-state index is 14.7. The van der Waals surface area contributed by atoms with E-state index in [9.17, 15) is 57.8 Å². The summed E-state index contributed by atoms with van der Waals surface area (Å²) in [4.78, 5) is 159. The number of benzene rings is 4. The Bertz CT molecular complexity index is 3260. The van der Waals surface area contributed by atoms with Crippen LogP contribution in [-0.4, -0.2) is 155 Å². The molecule has 1 aliphatic heterocycles. The topological polar surface area (TPSA) is 516 Å². The number of phenols is 1. The maximum atomic E-state index is 14.7. The number of primary amides is 3. The van der Waals surface area contributed by atoms with Gasteiger partial charge in [-0.2, -0.15) is 0 Å². The van der Waals surface area contributed by atoms with Crippen molar-refractivity contribution in [1.29, 1.82) is 0 Å². The summed E-state index contributed by atoms with van der Waals surface area (Å²) in [5.41, 5.74) is 47.9. The summed E-state index contributed by atoms with van der Waals surface area (Å²) >= 11 is 1.90. The lowest BCUT2D eigenvalue weighted by Crippen LogP contribution is -2.60. The van der Waals surface area contributed by atoms with Crippen molar-refractivity contribution in [3.05, 3.63) is 135 Å². The minimum absolute atomic E-state index is 0.0000373. The number of hydrogen-bond donors (Lipinski definition) is 15. The van der Waals surface area contributed by atoms with Gasteiger partial charge in [0.25, 0.3) is 0 Å². The van der Waals surface area contributed by atoms with Crippen LogP contribution in [0.2, 0.25) is 0 Å². The van der Waals surface area contributed by atoms with E-state index in [-0.39, 0.29) is 101 Å². The van der Waals surface area contributed by atoms with Crippen LogP contribution in [0.4, 0.5) is 0 Å². The predicted molar refractivity (Wildman–Crippen MR) is 340 cm³/mol. The van der Waals surface area contributed by atoms with E-state index in [2.05, 4.69) is 41.9 Å². The van der Waals surface area contributed by atoms with Gasteiger partial charge in [-0.15, -0.1) is 0 Å². The molecule has 0 aliphatic carbocycles. The van der Waals surface area contributed by atoms with Crippen LogP contribution < -0.4 is 77.8 Å². The van der Waals surface area contributed by atoms with Crippen molar-refractivity contribution in [2.24, 2.45) is 55.9 Å². The van der Waals surface area contributed by atoms with Crippen LogP contribution in [0.5, 0.6) is 5.75 Å². The molecule has 23 N–H and O–H groups in total. The Hall–Kier alpha value is -9.72. The second kappa shape index (κ2) is 35.3. The number of ketones is 1. The van der Waals surface area contributed by atoms with Crippen LogP contribution in [0, 0.1) is 3.57 Å². The number of phenolic OH excluding ortho intramolecular Hbond substituents is 1. The number of halogens is 1. The van der Waals surface area contributed by atoms with Crippen molar-refractivity contribution in [3.63, 3.8) is 0 Å². The van der Waals surface area contributed by atoms with Gasteiger partial charge in [0.1, 0.15) is 48.0 Å². The average molecular weight is 1360 g/mol. The van der Waals surface area contributed by atoms with E-state index in [0.717, 1.165) is 0 Å². The Morgan fingerprint density at radius 2 is 1.02 bits per heavy atom. The van der Waals surface area contributed by atoms with Crippen LogP contribution in [0.1, 0.15) is 90.4 Å². The number of aliphatic imine (C=N–C) groups is 2. The number of likely N-dealkylation sites (tertiary alicyclic amines) is 1. The highest BCUT2D eigenvalue weighted by atomic mass is 127. The molecule has 0 aromatic heterocycles. The highest BCUT2D eigenvalue weighted by molar-refractivity contribution is 14.1. The Kier molecular flexibility index (Phi) is 27.9. The first kappa shape index (κ1) is 71.0. The largest absolute Gasteiger partial charge is 0.507 e. The van der Waals surface area contributed by atoms with Gasteiger partial charge in [0.15, 0.2) is 17.7 Å². The molecule has 4 aromatic rings. The van der Waals surface area contributed by atoms with Crippen molar-refractivity contribution < 1.29 is 57.8 Å². The summed E-state index contributed by atoms with van der Waals surface area (Å²) in [7, 11) is 0. The molecule has 90 heavy (non-hydrogen) atoms. The molecule has 0 saturated carbocycles. The first-order valence-corrected chi connectivity index (χ1v) is 29.9. The van der Waals surface area contributed by atoms with Gasteiger partial charge in [-0.1, -0.05) is 91.0 Å². The molecule has 0 spiro atoms. The Labute approximate surface area is 532 Å². The SMILES string of the molecule is NC(=O)CC[C@H](NC(=O)[C@H](Cc1ccccc1)NC(=O)[C@H](N)Cc1ccc(C(=O)c2ccccc2)cc1)C(=O)N[C@@H](CC(N)=O)C(=O)N[C@@H](CCCN=C(N)N)C(=O)N1CCC[C@H]1C(=O)N[C@@H](CCCN=C(N)N)C(=O)N[C@@H](Cc1ccc(O)c(I)c1)C(N)=O. The van der Waals surface area contributed by atoms with Crippen molar-refractivity contribution in [1.82, 2.24) is 36.8 Å². The minimum atomic E-state index is -1.84. The van der Waals surface area contributed by atoms with Gasteiger partial charge >= 0.3 is 0 Å². The van der Waals surface area contributed by atoms with E-state index in [0.29, 0.717) is 31.4 Å². The molecule has 29 nitrogen and oxygen atoms in total. The lowest BCUT2D eigenvalue weighted by atomic mass is 9.99. The van der Waals surface area contributed by atoms with Gasteiger partial charge in [-0.05, 0) is 103 Å². The molecule has 0 unspecified atom stereocenters. The van der Waals surface area contributed by atoms with Gasteiger partial charge in [0, 0.05) is 50.0 Å². The van der Waals surface area contributed by atoms with E-state index in [1.54, 1.807) is 97.1 Å². The van der Waals surface area contributed by atoms with E-state index >= 15 is 0 Å². The zero-order chi connectivity index (χ0) is 66.0. The highest BCUT2D eigenvalue weighted by Crippen LogP contribution is 2.23. The molecule has 1 saturated heterocycles. The fraction of sp³-hybridized carbons (Fsp3) is 0.383.